The molecule has 1 aromatic rings. The highest BCUT2D eigenvalue weighted by atomic mass is 32.2. The lowest BCUT2D eigenvalue weighted by Gasteiger charge is -2.32. The van der Waals surface area contributed by atoms with Crippen molar-refractivity contribution in [3.63, 3.8) is 0 Å². The van der Waals surface area contributed by atoms with Gasteiger partial charge in [0.25, 0.3) is 0 Å². The molecule has 1 aromatic heterocycles. The van der Waals surface area contributed by atoms with Crippen LogP contribution in [0.2, 0.25) is 0 Å². The van der Waals surface area contributed by atoms with Crippen LogP contribution in [-0.4, -0.2) is 45.2 Å². The topological polar surface area (TPSA) is 97.5 Å². The average Bonchev–Trinajstić information content (AvgIpc) is 2.69. The number of sulfone groups is 1. The zero-order valence-corrected chi connectivity index (χ0v) is 13.8. The van der Waals surface area contributed by atoms with E-state index in [2.05, 4.69) is 0 Å². The molecule has 2 rings (SSSR count). The fraction of sp³-hybridized carbons (Fsp3) is 0.636. The molecular weight excluding hydrogens is 320 g/mol. The van der Waals surface area contributed by atoms with E-state index >= 15 is 0 Å². The molecule has 0 aliphatic carbocycles. The van der Waals surface area contributed by atoms with Crippen molar-refractivity contribution < 1.29 is 16.8 Å². The van der Waals surface area contributed by atoms with E-state index in [-0.39, 0.29) is 29.5 Å². The minimum atomic E-state index is -3.69. The van der Waals surface area contributed by atoms with Crippen LogP contribution in [-0.2, 0) is 26.4 Å². The maximum Gasteiger partial charge on any atom is 0.244 e. The molecule has 1 aliphatic rings. The zero-order chi connectivity index (χ0) is 15.1. The second-order valence-electron chi connectivity index (χ2n) is 4.95. The Labute approximate surface area is 123 Å². The van der Waals surface area contributed by atoms with E-state index in [1.54, 1.807) is 19.2 Å². The van der Waals surface area contributed by atoms with Gasteiger partial charge in [0.05, 0.1) is 11.5 Å². The van der Waals surface area contributed by atoms with Crippen molar-refractivity contribution in [3.05, 3.63) is 15.8 Å². The summed E-state index contributed by atoms with van der Waals surface area (Å²) in [5.41, 5.74) is 6.26. The van der Waals surface area contributed by atoms with Gasteiger partial charge in [-0.15, -0.1) is 11.3 Å². The van der Waals surface area contributed by atoms with Crippen molar-refractivity contribution in [1.82, 2.24) is 4.31 Å². The normalized spacial score (nSPS) is 23.9. The largest absolute Gasteiger partial charge is 0.326 e. The Morgan fingerprint density at radius 3 is 2.70 bits per heavy atom. The van der Waals surface area contributed by atoms with Crippen molar-refractivity contribution in [2.45, 2.75) is 31.3 Å². The van der Waals surface area contributed by atoms with Crippen molar-refractivity contribution >= 4 is 31.2 Å². The third kappa shape index (κ3) is 2.77. The van der Waals surface area contributed by atoms with Gasteiger partial charge >= 0.3 is 0 Å². The van der Waals surface area contributed by atoms with E-state index in [0.717, 1.165) is 0 Å². The second-order valence-corrected chi connectivity index (χ2v) is 9.97. The lowest BCUT2D eigenvalue weighted by Crippen LogP contribution is -2.49. The van der Waals surface area contributed by atoms with Gasteiger partial charge < -0.3 is 5.73 Å². The molecule has 2 heterocycles. The van der Waals surface area contributed by atoms with Gasteiger partial charge in [0, 0.05) is 24.0 Å². The predicted molar refractivity (Wildman–Crippen MR) is 79.0 cm³/mol. The Bertz CT molecular complexity index is 706. The first-order chi connectivity index (χ1) is 9.19. The van der Waals surface area contributed by atoms with Crippen LogP contribution in [0, 0.1) is 6.92 Å². The molecule has 0 radical (unpaired) electrons. The summed E-state index contributed by atoms with van der Waals surface area (Å²) in [6.07, 6.45) is 0. The third-order valence-corrected chi connectivity index (χ3v) is 8.65. The summed E-state index contributed by atoms with van der Waals surface area (Å²) in [4.78, 5) is 0.860. The number of sulfonamides is 1. The minimum Gasteiger partial charge on any atom is -0.326 e. The zero-order valence-electron chi connectivity index (χ0n) is 11.4. The van der Waals surface area contributed by atoms with Gasteiger partial charge in [0.1, 0.15) is 4.90 Å². The molecule has 1 aliphatic heterocycles. The van der Waals surface area contributed by atoms with Crippen LogP contribution >= 0.6 is 11.3 Å². The minimum absolute atomic E-state index is 0.00509. The number of rotatable bonds is 3. The molecule has 1 atom stereocenters. The monoisotopic (exact) mass is 338 g/mol. The summed E-state index contributed by atoms with van der Waals surface area (Å²) in [5.74, 6) is -0.259. The Balaban J connectivity index is 2.43. The SMILES string of the molecule is Cc1csc(CN)c1S(=O)(=O)N1CCS(=O)(=O)CC1C. The molecule has 0 amide bonds. The van der Waals surface area contributed by atoms with Gasteiger partial charge in [-0.05, 0) is 24.8 Å². The van der Waals surface area contributed by atoms with Gasteiger partial charge in [0.15, 0.2) is 9.84 Å². The molecule has 20 heavy (non-hydrogen) atoms. The van der Waals surface area contributed by atoms with Crippen molar-refractivity contribution in [3.8, 4) is 0 Å². The highest BCUT2D eigenvalue weighted by Crippen LogP contribution is 2.31. The first-order valence-electron chi connectivity index (χ1n) is 6.18. The van der Waals surface area contributed by atoms with Gasteiger partial charge in [-0.1, -0.05) is 0 Å². The summed E-state index contributed by atoms with van der Waals surface area (Å²) >= 11 is 1.32. The van der Waals surface area contributed by atoms with Crippen LogP contribution in [0.4, 0.5) is 0 Å². The quantitative estimate of drug-likeness (QED) is 0.856. The Morgan fingerprint density at radius 2 is 2.15 bits per heavy atom. The van der Waals surface area contributed by atoms with E-state index < -0.39 is 25.9 Å². The summed E-state index contributed by atoms with van der Waals surface area (Å²) < 4.78 is 49.9. The fourth-order valence-electron chi connectivity index (χ4n) is 2.43. The molecule has 1 unspecified atom stereocenters. The molecule has 0 spiro atoms. The summed E-state index contributed by atoms with van der Waals surface area (Å²) in [7, 11) is -6.84. The number of nitrogens with zero attached hydrogens (tertiary/aromatic N) is 1. The lowest BCUT2D eigenvalue weighted by atomic mass is 10.3. The van der Waals surface area contributed by atoms with E-state index in [0.29, 0.717) is 10.4 Å². The van der Waals surface area contributed by atoms with Gasteiger partial charge in [-0.2, -0.15) is 4.31 Å². The third-order valence-electron chi connectivity index (χ3n) is 3.35. The van der Waals surface area contributed by atoms with Crippen LogP contribution in [0.3, 0.4) is 0 Å². The summed E-state index contributed by atoms with van der Waals surface area (Å²) in [5, 5.41) is 1.76. The summed E-state index contributed by atoms with van der Waals surface area (Å²) in [6, 6.07) is -0.552. The number of hydrogen-bond acceptors (Lipinski definition) is 6. The van der Waals surface area contributed by atoms with Crippen LogP contribution in [0.5, 0.6) is 0 Å². The van der Waals surface area contributed by atoms with Gasteiger partial charge in [-0.25, -0.2) is 16.8 Å². The van der Waals surface area contributed by atoms with Crippen LogP contribution in [0.1, 0.15) is 17.4 Å². The van der Waals surface area contributed by atoms with E-state index in [9.17, 15) is 16.8 Å². The van der Waals surface area contributed by atoms with Gasteiger partial charge in [0.2, 0.25) is 10.0 Å². The number of hydrogen-bond donors (Lipinski definition) is 1. The number of thiophene rings is 1. The Kier molecular flexibility index (Phi) is 4.27. The number of nitrogens with two attached hydrogens (primary N) is 1. The molecule has 9 heteroatoms. The lowest BCUT2D eigenvalue weighted by molar-refractivity contribution is 0.356. The Morgan fingerprint density at radius 1 is 1.50 bits per heavy atom. The van der Waals surface area contributed by atoms with Crippen molar-refractivity contribution in [2.24, 2.45) is 5.73 Å². The molecule has 0 aromatic carbocycles. The van der Waals surface area contributed by atoms with E-state index in [1.807, 2.05) is 0 Å². The Hall–Kier alpha value is -0.480. The molecule has 1 saturated heterocycles. The standard InChI is InChI=1S/C11H18N2O4S3/c1-8-6-18-10(5-12)11(8)20(16,17)13-3-4-19(14,15)7-9(13)2/h6,9H,3-5,7,12H2,1-2H3. The van der Waals surface area contributed by atoms with Crippen LogP contribution < -0.4 is 5.73 Å². The molecule has 6 nitrogen and oxygen atoms in total. The van der Waals surface area contributed by atoms with E-state index in [1.165, 1.54) is 15.6 Å². The highest BCUT2D eigenvalue weighted by Gasteiger charge is 2.38. The smallest absolute Gasteiger partial charge is 0.244 e. The van der Waals surface area contributed by atoms with Crippen LogP contribution in [0.25, 0.3) is 0 Å². The fourth-order valence-corrected chi connectivity index (χ4v) is 7.49. The number of aryl methyl sites for hydroxylation is 1. The van der Waals surface area contributed by atoms with Crippen molar-refractivity contribution in [2.75, 3.05) is 18.1 Å². The first-order valence-corrected chi connectivity index (χ1v) is 10.3. The molecule has 1 fully saturated rings. The maximum absolute atomic E-state index is 12.8. The molecule has 0 saturated carbocycles. The highest BCUT2D eigenvalue weighted by molar-refractivity contribution is 7.92. The first kappa shape index (κ1) is 15.9. The van der Waals surface area contributed by atoms with E-state index in [4.69, 9.17) is 5.73 Å². The van der Waals surface area contributed by atoms with Crippen molar-refractivity contribution in [1.29, 1.82) is 0 Å². The van der Waals surface area contributed by atoms with Gasteiger partial charge in [-0.3, -0.25) is 0 Å². The summed E-state index contributed by atoms with van der Waals surface area (Å²) in [6.45, 7) is 3.52. The molecule has 0 bridgehead atoms. The maximum atomic E-state index is 12.8. The molecule has 2 N–H and O–H groups in total. The predicted octanol–water partition coefficient (Wildman–Crippen LogP) is 0.323. The second kappa shape index (κ2) is 5.38. The molecular formula is C11H18N2O4S3. The van der Waals surface area contributed by atoms with Crippen LogP contribution in [0.15, 0.2) is 10.3 Å². The molecule has 114 valence electrons. The average molecular weight is 338 g/mol.